The van der Waals surface area contributed by atoms with Crippen molar-refractivity contribution in [2.24, 2.45) is 7.05 Å². The standard InChI is InChI=1S/C15H13NO3/c1-16-8-7-11(17)12-13(16)15(19-2)10-6-4-3-5-9(10)14(12)18/h3-8,18H,1-2H3. The van der Waals surface area contributed by atoms with Gasteiger partial charge >= 0.3 is 0 Å². The second-order valence-electron chi connectivity index (χ2n) is 4.44. The number of rotatable bonds is 1. The molecule has 4 nitrogen and oxygen atoms in total. The van der Waals surface area contributed by atoms with Gasteiger partial charge in [-0.25, -0.2) is 0 Å². The summed E-state index contributed by atoms with van der Waals surface area (Å²) < 4.78 is 7.24. The second-order valence-corrected chi connectivity index (χ2v) is 4.44. The summed E-state index contributed by atoms with van der Waals surface area (Å²) in [6.45, 7) is 0. The number of aromatic nitrogens is 1. The number of methoxy groups -OCH3 is 1. The summed E-state index contributed by atoms with van der Waals surface area (Å²) >= 11 is 0. The lowest BCUT2D eigenvalue weighted by Gasteiger charge is -2.14. The van der Waals surface area contributed by atoms with E-state index < -0.39 is 0 Å². The van der Waals surface area contributed by atoms with E-state index >= 15 is 0 Å². The van der Waals surface area contributed by atoms with Gasteiger partial charge in [-0.1, -0.05) is 24.3 Å². The summed E-state index contributed by atoms with van der Waals surface area (Å²) in [7, 11) is 3.38. The lowest BCUT2D eigenvalue weighted by Crippen LogP contribution is -2.07. The summed E-state index contributed by atoms with van der Waals surface area (Å²) in [6, 6.07) is 8.78. The Labute approximate surface area is 109 Å². The van der Waals surface area contributed by atoms with Crippen LogP contribution in [-0.4, -0.2) is 16.8 Å². The first-order valence-corrected chi connectivity index (χ1v) is 5.92. The van der Waals surface area contributed by atoms with Crippen LogP contribution in [0.4, 0.5) is 0 Å². The van der Waals surface area contributed by atoms with Crippen LogP contribution in [0.1, 0.15) is 0 Å². The highest BCUT2D eigenvalue weighted by Crippen LogP contribution is 2.39. The van der Waals surface area contributed by atoms with Crippen molar-refractivity contribution in [3.05, 3.63) is 46.8 Å². The smallest absolute Gasteiger partial charge is 0.193 e. The molecule has 0 aliphatic rings. The molecule has 3 aromatic rings. The Morgan fingerprint density at radius 2 is 1.84 bits per heavy atom. The molecule has 1 aromatic heterocycles. The molecule has 0 saturated carbocycles. The molecule has 19 heavy (non-hydrogen) atoms. The van der Waals surface area contributed by atoms with E-state index in [9.17, 15) is 9.90 Å². The molecule has 0 amide bonds. The molecule has 1 heterocycles. The molecule has 0 fully saturated rings. The Morgan fingerprint density at radius 1 is 1.16 bits per heavy atom. The molecule has 3 rings (SSSR count). The van der Waals surface area contributed by atoms with Crippen molar-refractivity contribution in [1.82, 2.24) is 4.57 Å². The molecule has 0 spiro atoms. The van der Waals surface area contributed by atoms with Gasteiger partial charge in [0.1, 0.15) is 5.75 Å². The van der Waals surface area contributed by atoms with Crippen molar-refractivity contribution in [2.45, 2.75) is 0 Å². The lowest BCUT2D eigenvalue weighted by molar-refractivity contribution is 0.421. The Morgan fingerprint density at radius 3 is 2.53 bits per heavy atom. The molecule has 0 atom stereocenters. The van der Waals surface area contributed by atoms with Crippen LogP contribution in [0, 0.1) is 0 Å². The molecule has 0 aliphatic heterocycles. The van der Waals surface area contributed by atoms with Gasteiger partial charge in [0.2, 0.25) is 0 Å². The maximum absolute atomic E-state index is 12.0. The molecule has 0 aliphatic carbocycles. The van der Waals surface area contributed by atoms with Crippen molar-refractivity contribution < 1.29 is 9.84 Å². The van der Waals surface area contributed by atoms with Gasteiger partial charge in [0.05, 0.1) is 18.0 Å². The number of aryl methyl sites for hydroxylation is 1. The van der Waals surface area contributed by atoms with Crippen molar-refractivity contribution >= 4 is 21.7 Å². The van der Waals surface area contributed by atoms with Gasteiger partial charge in [0.25, 0.3) is 0 Å². The van der Waals surface area contributed by atoms with Gasteiger partial charge in [-0.3, -0.25) is 4.79 Å². The van der Waals surface area contributed by atoms with Crippen molar-refractivity contribution in [2.75, 3.05) is 7.11 Å². The van der Waals surface area contributed by atoms with Crippen molar-refractivity contribution in [3.63, 3.8) is 0 Å². The zero-order chi connectivity index (χ0) is 13.6. The van der Waals surface area contributed by atoms with E-state index in [1.165, 1.54) is 6.07 Å². The van der Waals surface area contributed by atoms with Gasteiger partial charge in [-0.15, -0.1) is 0 Å². The van der Waals surface area contributed by atoms with E-state index in [1.807, 2.05) is 25.2 Å². The molecular formula is C15H13NO3. The quantitative estimate of drug-likeness (QED) is 0.679. The minimum atomic E-state index is -0.213. The number of fused-ring (bicyclic) bond motifs is 2. The topological polar surface area (TPSA) is 51.5 Å². The fourth-order valence-corrected chi connectivity index (χ4v) is 2.49. The first kappa shape index (κ1) is 11.6. The minimum Gasteiger partial charge on any atom is -0.506 e. The van der Waals surface area contributed by atoms with Gasteiger partial charge in [0.15, 0.2) is 11.2 Å². The second kappa shape index (κ2) is 4.02. The highest BCUT2D eigenvalue weighted by atomic mass is 16.5. The molecule has 2 aromatic carbocycles. The average Bonchev–Trinajstić information content (AvgIpc) is 2.43. The zero-order valence-electron chi connectivity index (χ0n) is 10.7. The van der Waals surface area contributed by atoms with E-state index in [1.54, 1.807) is 23.9 Å². The minimum absolute atomic E-state index is 0.00704. The van der Waals surface area contributed by atoms with Crippen LogP contribution >= 0.6 is 0 Å². The molecule has 0 unspecified atom stereocenters. The summed E-state index contributed by atoms with van der Waals surface area (Å²) in [5, 5.41) is 12.1. The van der Waals surface area contributed by atoms with E-state index in [4.69, 9.17) is 4.74 Å². The summed E-state index contributed by atoms with van der Waals surface area (Å²) in [6.07, 6.45) is 1.67. The molecule has 96 valence electrons. The highest BCUT2D eigenvalue weighted by Gasteiger charge is 2.17. The highest BCUT2D eigenvalue weighted by molar-refractivity contribution is 6.09. The number of aromatic hydroxyl groups is 1. The van der Waals surface area contributed by atoms with Gasteiger partial charge in [0, 0.05) is 30.1 Å². The van der Waals surface area contributed by atoms with Crippen LogP contribution in [0.5, 0.6) is 11.5 Å². The number of hydrogen-bond acceptors (Lipinski definition) is 3. The fraction of sp³-hybridized carbons (Fsp3) is 0.133. The van der Waals surface area contributed by atoms with Crippen LogP contribution in [0.25, 0.3) is 21.7 Å². The summed E-state index contributed by atoms with van der Waals surface area (Å²) in [5.41, 5.74) is 0.390. The Hall–Kier alpha value is -2.49. The Balaban J connectivity index is 2.74. The predicted octanol–water partition coefficient (Wildman–Crippen LogP) is 2.41. The number of phenolic OH excluding ortho intramolecular Hbond substituents is 1. The Bertz CT molecular complexity index is 849. The third kappa shape index (κ3) is 1.50. The van der Waals surface area contributed by atoms with Crippen LogP contribution in [-0.2, 0) is 7.05 Å². The number of benzene rings is 2. The van der Waals surface area contributed by atoms with Crippen LogP contribution in [0.15, 0.2) is 41.3 Å². The van der Waals surface area contributed by atoms with E-state index in [0.29, 0.717) is 22.0 Å². The number of hydrogen-bond donors (Lipinski definition) is 1. The molecule has 4 heteroatoms. The Kier molecular flexibility index (Phi) is 2.45. The maximum Gasteiger partial charge on any atom is 0.193 e. The lowest BCUT2D eigenvalue weighted by atomic mass is 10.0. The van der Waals surface area contributed by atoms with Crippen molar-refractivity contribution in [1.29, 1.82) is 0 Å². The van der Waals surface area contributed by atoms with Crippen LogP contribution in [0.3, 0.4) is 0 Å². The van der Waals surface area contributed by atoms with Crippen molar-refractivity contribution in [3.8, 4) is 11.5 Å². The molecular weight excluding hydrogens is 242 g/mol. The molecule has 0 saturated heterocycles. The van der Waals surface area contributed by atoms with Gasteiger partial charge in [-0.05, 0) is 0 Å². The van der Waals surface area contributed by atoms with Crippen LogP contribution < -0.4 is 10.2 Å². The van der Waals surface area contributed by atoms with Gasteiger partial charge < -0.3 is 14.4 Å². The number of nitrogens with zero attached hydrogens (tertiary/aromatic N) is 1. The third-order valence-corrected chi connectivity index (χ3v) is 3.37. The number of pyridine rings is 1. The van der Waals surface area contributed by atoms with E-state index in [0.717, 1.165) is 5.39 Å². The first-order valence-electron chi connectivity index (χ1n) is 5.92. The third-order valence-electron chi connectivity index (χ3n) is 3.37. The molecule has 0 radical (unpaired) electrons. The average molecular weight is 255 g/mol. The zero-order valence-corrected chi connectivity index (χ0v) is 10.7. The molecule has 1 N–H and O–H groups in total. The van der Waals surface area contributed by atoms with E-state index in [-0.39, 0.29) is 11.2 Å². The largest absolute Gasteiger partial charge is 0.506 e. The maximum atomic E-state index is 12.0. The molecule has 0 bridgehead atoms. The van der Waals surface area contributed by atoms with Crippen LogP contribution in [0.2, 0.25) is 0 Å². The normalized spacial score (nSPS) is 11.1. The monoisotopic (exact) mass is 255 g/mol. The van der Waals surface area contributed by atoms with E-state index in [2.05, 4.69) is 0 Å². The number of ether oxygens (including phenoxy) is 1. The predicted molar refractivity (Wildman–Crippen MR) is 74.9 cm³/mol. The van der Waals surface area contributed by atoms with Gasteiger partial charge in [-0.2, -0.15) is 0 Å². The first-order chi connectivity index (χ1) is 9.15. The number of phenols is 1. The summed E-state index contributed by atoms with van der Waals surface area (Å²) in [5.74, 6) is 0.608. The fourth-order valence-electron chi connectivity index (χ4n) is 2.49. The summed E-state index contributed by atoms with van der Waals surface area (Å²) in [4.78, 5) is 12.0. The SMILES string of the molecule is COc1c2ccccc2c(O)c2c(=O)ccn(C)c12.